The van der Waals surface area contributed by atoms with Gasteiger partial charge in [-0.2, -0.15) is 0 Å². The van der Waals surface area contributed by atoms with Crippen molar-refractivity contribution in [2.45, 2.75) is 64.3 Å². The fraction of sp³-hybridized carbons (Fsp3) is 0.609. The molecule has 138 valence electrons. The van der Waals surface area contributed by atoms with E-state index in [4.69, 9.17) is 11.6 Å². The number of benzene rings is 1. The monoisotopic (exact) mass is 369 g/mol. The predicted octanol–water partition coefficient (Wildman–Crippen LogP) is 5.39. The lowest BCUT2D eigenvalue weighted by atomic mass is 9.48. The number of ketones is 1. The molecule has 4 aliphatic carbocycles. The Morgan fingerprint density at radius 2 is 1.73 bits per heavy atom. The molecule has 4 saturated carbocycles. The molecule has 4 fully saturated rings. The molecule has 3 heteroatoms. The van der Waals surface area contributed by atoms with Gasteiger partial charge in [0.1, 0.15) is 0 Å². The van der Waals surface area contributed by atoms with Crippen LogP contribution >= 0.6 is 11.6 Å². The van der Waals surface area contributed by atoms with Gasteiger partial charge in [0.05, 0.1) is 0 Å². The highest BCUT2D eigenvalue weighted by Crippen LogP contribution is 2.60. The average Bonchev–Trinajstić information content (AvgIpc) is 2.51. The van der Waals surface area contributed by atoms with Gasteiger partial charge in [0, 0.05) is 33.3 Å². The van der Waals surface area contributed by atoms with E-state index >= 15 is 0 Å². The van der Waals surface area contributed by atoms with Crippen LogP contribution in [-0.4, -0.2) is 11.3 Å². The smallest absolute Gasteiger partial charge is 0.163 e. The van der Waals surface area contributed by atoms with Crippen molar-refractivity contribution < 1.29 is 4.79 Å². The van der Waals surface area contributed by atoms with E-state index < -0.39 is 0 Å². The summed E-state index contributed by atoms with van der Waals surface area (Å²) in [5.41, 5.74) is 3.24. The minimum absolute atomic E-state index is 0.0642. The van der Waals surface area contributed by atoms with Crippen LogP contribution in [0.3, 0.4) is 0 Å². The largest absolute Gasteiger partial charge is 0.379 e. The summed E-state index contributed by atoms with van der Waals surface area (Å²) >= 11 is 6.23. The third-order valence-corrected chi connectivity index (χ3v) is 7.53. The van der Waals surface area contributed by atoms with E-state index in [0.29, 0.717) is 5.78 Å². The molecule has 1 aromatic rings. The van der Waals surface area contributed by atoms with Gasteiger partial charge in [-0.3, -0.25) is 4.79 Å². The summed E-state index contributed by atoms with van der Waals surface area (Å²) in [4.78, 5) is 13.5. The van der Waals surface area contributed by atoms with Crippen molar-refractivity contribution in [3.63, 3.8) is 0 Å². The summed E-state index contributed by atoms with van der Waals surface area (Å²) in [7, 11) is 0. The minimum atomic E-state index is -0.0718. The lowest BCUT2D eigenvalue weighted by Gasteiger charge is -2.55. The summed E-state index contributed by atoms with van der Waals surface area (Å²) in [5, 5.41) is 4.40. The topological polar surface area (TPSA) is 29.1 Å². The molecule has 0 unspecified atom stereocenters. The second-order valence-corrected chi connectivity index (χ2v) is 10.5. The molecule has 0 aromatic heterocycles. The van der Waals surface area contributed by atoms with Crippen molar-refractivity contribution in [2.75, 3.05) is 0 Å². The third kappa shape index (κ3) is 2.72. The number of carbonyl (C=O) groups excluding carboxylic acids is 1. The highest BCUT2D eigenvalue weighted by Gasteiger charge is 2.53. The molecule has 0 atom stereocenters. The van der Waals surface area contributed by atoms with Gasteiger partial charge in [-0.05, 0) is 94.2 Å². The van der Waals surface area contributed by atoms with Gasteiger partial charge in [0.2, 0.25) is 0 Å². The van der Waals surface area contributed by atoms with E-state index in [1.165, 1.54) is 24.8 Å². The molecule has 2 nitrogen and oxygen atoms in total. The van der Waals surface area contributed by atoms with Gasteiger partial charge in [0.25, 0.3) is 0 Å². The quantitative estimate of drug-likeness (QED) is 0.708. The maximum atomic E-state index is 13.5. The van der Waals surface area contributed by atoms with E-state index in [-0.39, 0.29) is 11.0 Å². The number of fused-ring (bicyclic) bond motifs is 1. The lowest BCUT2D eigenvalue weighted by molar-refractivity contribution is -0.138. The van der Waals surface area contributed by atoms with Crippen LogP contribution in [0.4, 0.5) is 0 Å². The number of rotatable bonds is 2. The Morgan fingerprint density at radius 3 is 2.35 bits per heavy atom. The van der Waals surface area contributed by atoms with Crippen molar-refractivity contribution in [2.24, 2.45) is 23.2 Å². The number of nitrogens with one attached hydrogen (secondary N) is 1. The molecule has 5 aliphatic rings. The van der Waals surface area contributed by atoms with Crippen molar-refractivity contribution >= 4 is 23.1 Å². The SMILES string of the molecule is CC1(C)Cc2cc(Cl)ccc2/C(=C/C(=O)C23CC4CC(CC(C4)C2)C3)N1. The van der Waals surface area contributed by atoms with Crippen LogP contribution in [0.2, 0.25) is 5.02 Å². The minimum Gasteiger partial charge on any atom is -0.379 e. The highest BCUT2D eigenvalue weighted by molar-refractivity contribution is 6.30. The Bertz CT molecular complexity index is 771. The van der Waals surface area contributed by atoms with Gasteiger partial charge in [-0.1, -0.05) is 17.7 Å². The average molecular weight is 370 g/mol. The van der Waals surface area contributed by atoms with Gasteiger partial charge in [-0.25, -0.2) is 0 Å². The van der Waals surface area contributed by atoms with E-state index in [1.54, 1.807) is 0 Å². The molecule has 0 saturated heterocycles. The summed E-state index contributed by atoms with van der Waals surface area (Å²) in [6, 6.07) is 6.06. The zero-order valence-electron chi connectivity index (χ0n) is 15.8. The molecule has 0 radical (unpaired) electrons. The summed E-state index contributed by atoms with van der Waals surface area (Å²) in [6.45, 7) is 4.39. The molecule has 1 N–H and O–H groups in total. The van der Waals surface area contributed by atoms with Crippen molar-refractivity contribution in [1.29, 1.82) is 0 Å². The second kappa shape index (κ2) is 5.61. The summed E-state index contributed by atoms with van der Waals surface area (Å²) in [6.07, 6.45) is 10.4. The van der Waals surface area contributed by atoms with E-state index in [1.807, 2.05) is 12.1 Å². The van der Waals surface area contributed by atoms with E-state index in [9.17, 15) is 4.79 Å². The maximum absolute atomic E-state index is 13.5. The van der Waals surface area contributed by atoms with Crippen LogP contribution in [0.5, 0.6) is 0 Å². The van der Waals surface area contributed by atoms with Gasteiger partial charge in [0.15, 0.2) is 5.78 Å². The zero-order chi connectivity index (χ0) is 18.1. The van der Waals surface area contributed by atoms with Crippen LogP contribution in [0.25, 0.3) is 5.70 Å². The third-order valence-electron chi connectivity index (χ3n) is 7.30. The fourth-order valence-electron chi connectivity index (χ4n) is 6.73. The van der Waals surface area contributed by atoms with Crippen LogP contribution < -0.4 is 5.32 Å². The number of carbonyl (C=O) groups is 1. The highest BCUT2D eigenvalue weighted by atomic mass is 35.5. The molecule has 0 amide bonds. The first-order valence-corrected chi connectivity index (χ1v) is 10.5. The first kappa shape index (κ1) is 16.9. The first-order chi connectivity index (χ1) is 12.3. The number of allylic oxidation sites excluding steroid dienone is 1. The first-order valence-electron chi connectivity index (χ1n) is 10.2. The Labute approximate surface area is 161 Å². The lowest BCUT2D eigenvalue weighted by Crippen LogP contribution is -2.50. The Kier molecular flexibility index (Phi) is 3.64. The van der Waals surface area contributed by atoms with Gasteiger partial charge < -0.3 is 5.32 Å². The molecule has 1 aromatic carbocycles. The molecular weight excluding hydrogens is 342 g/mol. The zero-order valence-corrected chi connectivity index (χ0v) is 16.5. The Morgan fingerprint density at radius 1 is 1.12 bits per heavy atom. The van der Waals surface area contributed by atoms with Crippen molar-refractivity contribution in [3.8, 4) is 0 Å². The fourth-order valence-corrected chi connectivity index (χ4v) is 6.93. The number of hydrogen-bond donors (Lipinski definition) is 1. The molecular formula is C23H28ClNO. The Balaban J connectivity index is 1.51. The Hall–Kier alpha value is -1.28. The van der Waals surface area contributed by atoms with Crippen molar-refractivity contribution in [3.05, 3.63) is 40.4 Å². The van der Waals surface area contributed by atoms with Gasteiger partial charge in [-0.15, -0.1) is 0 Å². The molecule has 6 rings (SSSR count). The predicted molar refractivity (Wildman–Crippen MR) is 106 cm³/mol. The molecule has 26 heavy (non-hydrogen) atoms. The summed E-state index contributed by atoms with van der Waals surface area (Å²) < 4.78 is 0. The van der Waals surface area contributed by atoms with Crippen LogP contribution in [0.15, 0.2) is 24.3 Å². The van der Waals surface area contributed by atoms with Crippen LogP contribution in [-0.2, 0) is 11.2 Å². The number of halogens is 1. The second-order valence-electron chi connectivity index (χ2n) is 10.1. The number of hydrogen-bond acceptors (Lipinski definition) is 2. The van der Waals surface area contributed by atoms with Crippen molar-refractivity contribution in [1.82, 2.24) is 5.32 Å². The van der Waals surface area contributed by atoms with Gasteiger partial charge >= 0.3 is 0 Å². The molecule has 0 spiro atoms. The molecule has 4 bridgehead atoms. The maximum Gasteiger partial charge on any atom is 0.163 e. The standard InChI is InChI=1S/C23H28ClNO/c1-22(2)13-17-8-18(24)3-4-19(17)20(25-22)9-21(26)23-10-14-5-15(11-23)7-16(6-14)12-23/h3-4,8-9,14-16,25H,5-7,10-13H2,1-2H3/b20-9-. The van der Waals surface area contributed by atoms with E-state index in [0.717, 1.165) is 59.7 Å². The molecule has 1 aliphatic heterocycles. The normalized spacial score (nSPS) is 38.1. The summed E-state index contributed by atoms with van der Waals surface area (Å²) in [5.74, 6) is 2.76. The van der Waals surface area contributed by atoms with Crippen LogP contribution in [0, 0.1) is 23.2 Å². The van der Waals surface area contributed by atoms with Crippen LogP contribution in [0.1, 0.15) is 63.5 Å². The molecule has 1 heterocycles. The van der Waals surface area contributed by atoms with E-state index in [2.05, 4.69) is 31.3 Å².